The first kappa shape index (κ1) is 15.9. The Kier molecular flexibility index (Phi) is 4.31. The van der Waals surface area contributed by atoms with E-state index < -0.39 is 0 Å². The summed E-state index contributed by atoms with van der Waals surface area (Å²) in [4.78, 5) is 27.2. The maximum Gasteiger partial charge on any atom is 0.266 e. The summed E-state index contributed by atoms with van der Waals surface area (Å²) in [5, 5.41) is 4.47. The second-order valence-electron chi connectivity index (χ2n) is 5.87. The molecule has 25 heavy (non-hydrogen) atoms. The first-order chi connectivity index (χ1) is 12.2. The van der Waals surface area contributed by atoms with Crippen molar-refractivity contribution in [3.8, 4) is 5.82 Å². The molecule has 1 fully saturated rings. The highest BCUT2D eigenvalue weighted by Gasteiger charge is 2.27. The van der Waals surface area contributed by atoms with Crippen LogP contribution >= 0.6 is 15.9 Å². The molecule has 4 heterocycles. The monoisotopic (exact) mass is 401 g/mol. The van der Waals surface area contributed by atoms with E-state index in [0.717, 1.165) is 23.9 Å². The third kappa shape index (κ3) is 3.32. The van der Waals surface area contributed by atoms with Crippen molar-refractivity contribution >= 4 is 21.9 Å². The Morgan fingerprint density at radius 1 is 1.24 bits per heavy atom. The van der Waals surface area contributed by atoms with Crippen molar-refractivity contribution < 1.29 is 0 Å². The molecule has 1 atom stereocenters. The molecule has 0 saturated carbocycles. The van der Waals surface area contributed by atoms with Gasteiger partial charge in [0.25, 0.3) is 5.56 Å². The maximum absolute atomic E-state index is 12.2. The molecule has 1 saturated heterocycles. The van der Waals surface area contributed by atoms with Gasteiger partial charge in [0.05, 0.1) is 17.1 Å². The third-order valence-electron chi connectivity index (χ3n) is 4.25. The third-order valence-corrected chi connectivity index (χ3v) is 4.66. The van der Waals surface area contributed by atoms with E-state index in [4.69, 9.17) is 0 Å². The van der Waals surface area contributed by atoms with Gasteiger partial charge < -0.3 is 4.90 Å². The maximum atomic E-state index is 12.2. The van der Waals surface area contributed by atoms with Crippen LogP contribution in [0.1, 0.15) is 12.8 Å². The zero-order valence-electron chi connectivity index (χ0n) is 13.4. The predicted octanol–water partition coefficient (Wildman–Crippen LogP) is 1.65. The lowest BCUT2D eigenvalue weighted by atomic mass is 10.2. The van der Waals surface area contributed by atoms with Gasteiger partial charge in [0, 0.05) is 37.4 Å². The lowest BCUT2D eigenvalue weighted by molar-refractivity contribution is 0.482. The smallest absolute Gasteiger partial charge is 0.266 e. The highest BCUT2D eigenvalue weighted by atomic mass is 79.9. The van der Waals surface area contributed by atoms with Gasteiger partial charge in [-0.2, -0.15) is 5.10 Å². The minimum absolute atomic E-state index is 0.118. The number of aromatic nitrogens is 6. The van der Waals surface area contributed by atoms with Gasteiger partial charge in [0.15, 0.2) is 5.82 Å². The van der Waals surface area contributed by atoms with E-state index in [2.05, 4.69) is 40.9 Å². The molecule has 0 radical (unpaired) electrons. The number of nitrogens with zero attached hydrogens (tertiary/aromatic N) is 7. The zero-order valence-corrected chi connectivity index (χ0v) is 14.9. The van der Waals surface area contributed by atoms with Gasteiger partial charge in [-0.1, -0.05) is 0 Å². The summed E-state index contributed by atoms with van der Waals surface area (Å²) >= 11 is 3.35. The van der Waals surface area contributed by atoms with Crippen molar-refractivity contribution in [2.75, 3.05) is 11.4 Å². The minimum Gasteiger partial charge on any atom is -0.336 e. The molecule has 3 aromatic rings. The van der Waals surface area contributed by atoms with Crippen molar-refractivity contribution in [2.24, 2.45) is 0 Å². The second kappa shape index (κ2) is 6.75. The summed E-state index contributed by atoms with van der Waals surface area (Å²) in [7, 11) is 0. The van der Waals surface area contributed by atoms with Crippen LogP contribution in [0.3, 0.4) is 0 Å². The van der Waals surface area contributed by atoms with E-state index in [9.17, 15) is 4.79 Å². The first-order valence-corrected chi connectivity index (χ1v) is 8.81. The van der Waals surface area contributed by atoms with E-state index in [-0.39, 0.29) is 11.6 Å². The Bertz CT molecular complexity index is 907. The van der Waals surface area contributed by atoms with Crippen molar-refractivity contribution in [3.05, 3.63) is 58.1 Å². The van der Waals surface area contributed by atoms with Crippen LogP contribution in [0.2, 0.25) is 0 Å². The van der Waals surface area contributed by atoms with Crippen LogP contribution in [0.25, 0.3) is 5.82 Å². The summed E-state index contributed by atoms with van der Waals surface area (Å²) in [5.41, 5.74) is -0.118. The molecule has 0 aliphatic carbocycles. The van der Waals surface area contributed by atoms with Crippen molar-refractivity contribution in [3.63, 3.8) is 0 Å². The van der Waals surface area contributed by atoms with Crippen LogP contribution in [0, 0.1) is 0 Å². The SMILES string of the molecule is O=c1ccc(-n2ccnc2)nn1CC1CCCN1c1ncc(Br)cn1. The van der Waals surface area contributed by atoms with Crippen LogP contribution in [0.4, 0.5) is 5.95 Å². The van der Waals surface area contributed by atoms with Crippen LogP contribution in [0.5, 0.6) is 0 Å². The van der Waals surface area contributed by atoms with Crippen molar-refractivity contribution in [2.45, 2.75) is 25.4 Å². The summed E-state index contributed by atoms with van der Waals surface area (Å²) in [5.74, 6) is 1.35. The normalized spacial score (nSPS) is 17.2. The summed E-state index contributed by atoms with van der Waals surface area (Å²) in [6, 6.07) is 3.38. The van der Waals surface area contributed by atoms with Gasteiger partial charge in [-0.05, 0) is 34.8 Å². The molecule has 0 amide bonds. The van der Waals surface area contributed by atoms with E-state index in [1.165, 1.54) is 10.7 Å². The van der Waals surface area contributed by atoms with Crippen LogP contribution < -0.4 is 10.5 Å². The Balaban J connectivity index is 1.59. The Morgan fingerprint density at radius 2 is 2.08 bits per heavy atom. The highest BCUT2D eigenvalue weighted by molar-refractivity contribution is 9.10. The standard InChI is InChI=1S/C16H16BrN7O/c17-12-8-19-16(20-9-12)23-6-1-2-13(23)10-24-15(25)4-3-14(21-24)22-7-5-18-11-22/h3-5,7-9,11,13H,1-2,6,10H2. The Labute approximate surface area is 152 Å². The topological polar surface area (TPSA) is 81.7 Å². The fourth-order valence-electron chi connectivity index (χ4n) is 3.04. The minimum atomic E-state index is -0.118. The Hall–Kier alpha value is -2.55. The molecular formula is C16H16BrN7O. The van der Waals surface area contributed by atoms with E-state index in [1.54, 1.807) is 41.7 Å². The quantitative estimate of drug-likeness (QED) is 0.660. The number of hydrogen-bond donors (Lipinski definition) is 0. The van der Waals surface area contributed by atoms with E-state index in [1.807, 2.05) is 0 Å². The Morgan fingerprint density at radius 3 is 2.84 bits per heavy atom. The number of anilines is 1. The molecule has 8 nitrogen and oxygen atoms in total. The van der Waals surface area contributed by atoms with Gasteiger partial charge in [-0.3, -0.25) is 9.36 Å². The molecule has 0 bridgehead atoms. The number of rotatable bonds is 4. The molecule has 4 rings (SSSR count). The molecule has 9 heteroatoms. The molecule has 1 aliphatic heterocycles. The van der Waals surface area contributed by atoms with Crippen molar-refractivity contribution in [1.82, 2.24) is 29.3 Å². The predicted molar refractivity (Wildman–Crippen MR) is 95.7 cm³/mol. The van der Waals surface area contributed by atoms with Crippen LogP contribution in [-0.4, -0.2) is 41.9 Å². The van der Waals surface area contributed by atoms with E-state index in [0.29, 0.717) is 18.3 Å². The summed E-state index contributed by atoms with van der Waals surface area (Å²) in [6.45, 7) is 1.38. The van der Waals surface area contributed by atoms with Crippen LogP contribution in [-0.2, 0) is 6.54 Å². The molecule has 0 N–H and O–H groups in total. The molecule has 0 aromatic carbocycles. The zero-order chi connectivity index (χ0) is 17.2. The second-order valence-corrected chi connectivity index (χ2v) is 6.79. The molecular weight excluding hydrogens is 386 g/mol. The molecule has 0 spiro atoms. The largest absolute Gasteiger partial charge is 0.336 e. The lowest BCUT2D eigenvalue weighted by Gasteiger charge is -2.24. The average Bonchev–Trinajstić information content (AvgIpc) is 3.29. The summed E-state index contributed by atoms with van der Waals surface area (Å²) < 4.78 is 4.13. The highest BCUT2D eigenvalue weighted by Crippen LogP contribution is 2.23. The van der Waals surface area contributed by atoms with Gasteiger partial charge in [-0.15, -0.1) is 0 Å². The number of halogens is 1. The van der Waals surface area contributed by atoms with Crippen LogP contribution in [0.15, 0.2) is 52.5 Å². The lowest BCUT2D eigenvalue weighted by Crippen LogP contribution is -2.38. The fraction of sp³-hybridized carbons (Fsp3) is 0.312. The number of imidazole rings is 1. The molecule has 1 aliphatic rings. The first-order valence-electron chi connectivity index (χ1n) is 8.01. The molecule has 1 unspecified atom stereocenters. The fourth-order valence-corrected chi connectivity index (χ4v) is 3.25. The molecule has 3 aromatic heterocycles. The van der Waals surface area contributed by atoms with Gasteiger partial charge >= 0.3 is 0 Å². The number of hydrogen-bond acceptors (Lipinski definition) is 6. The van der Waals surface area contributed by atoms with Gasteiger partial charge in [-0.25, -0.2) is 19.6 Å². The van der Waals surface area contributed by atoms with E-state index >= 15 is 0 Å². The van der Waals surface area contributed by atoms with Gasteiger partial charge in [0.2, 0.25) is 5.95 Å². The summed E-state index contributed by atoms with van der Waals surface area (Å²) in [6.07, 6.45) is 10.6. The van der Waals surface area contributed by atoms with Gasteiger partial charge in [0.1, 0.15) is 6.33 Å². The van der Waals surface area contributed by atoms with Crippen molar-refractivity contribution in [1.29, 1.82) is 0 Å². The average molecular weight is 402 g/mol. The molecule has 128 valence electrons.